The maximum atomic E-state index is 14.1. The third-order valence-corrected chi connectivity index (χ3v) is 6.09. The van der Waals surface area contributed by atoms with E-state index >= 15 is 0 Å². The van der Waals surface area contributed by atoms with Gasteiger partial charge in [-0.25, -0.2) is 4.79 Å². The molecule has 39 heavy (non-hydrogen) atoms. The van der Waals surface area contributed by atoms with Crippen LogP contribution >= 0.6 is 0 Å². The zero-order valence-corrected chi connectivity index (χ0v) is 24.5. The van der Waals surface area contributed by atoms with Gasteiger partial charge in [-0.3, -0.25) is 14.4 Å². The minimum atomic E-state index is -1.11. The predicted molar refractivity (Wildman–Crippen MR) is 155 cm³/mol. The van der Waals surface area contributed by atoms with E-state index in [1.54, 1.807) is 26.8 Å². The topological polar surface area (TPSA) is 131 Å². The summed E-state index contributed by atoms with van der Waals surface area (Å²) in [4.78, 5) is 53.7. The molecule has 0 radical (unpaired) electrons. The molecule has 0 saturated carbocycles. The van der Waals surface area contributed by atoms with Crippen LogP contribution in [0.1, 0.15) is 104 Å². The van der Waals surface area contributed by atoms with Gasteiger partial charge in [0.25, 0.3) is 0 Å². The average molecular weight is 545 g/mol. The van der Waals surface area contributed by atoms with Crippen molar-refractivity contribution in [3.63, 3.8) is 0 Å². The summed E-state index contributed by atoms with van der Waals surface area (Å²) in [5.74, 6) is -1.39. The molecule has 1 aromatic rings. The molecule has 218 valence electrons. The van der Waals surface area contributed by atoms with E-state index in [1.165, 1.54) is 4.90 Å². The number of primary amides is 1. The van der Waals surface area contributed by atoms with Gasteiger partial charge in [0.15, 0.2) is 0 Å². The second-order valence-corrected chi connectivity index (χ2v) is 10.9. The lowest BCUT2D eigenvalue weighted by atomic mass is 9.98. The first kappa shape index (κ1) is 33.7. The van der Waals surface area contributed by atoms with E-state index in [0.717, 1.165) is 31.2 Å². The molecule has 1 rings (SSSR count). The average Bonchev–Trinajstić information content (AvgIpc) is 2.84. The van der Waals surface area contributed by atoms with Crippen molar-refractivity contribution < 1.29 is 23.9 Å². The molecule has 1 aromatic carbocycles. The Kier molecular flexibility index (Phi) is 14.3. The van der Waals surface area contributed by atoms with Crippen LogP contribution in [0.25, 0.3) is 6.08 Å². The Morgan fingerprint density at radius 2 is 1.77 bits per heavy atom. The van der Waals surface area contributed by atoms with Crippen LogP contribution in [0.3, 0.4) is 0 Å². The van der Waals surface area contributed by atoms with Gasteiger partial charge in [-0.2, -0.15) is 0 Å². The van der Waals surface area contributed by atoms with Crippen LogP contribution in [-0.2, 0) is 19.1 Å². The van der Waals surface area contributed by atoms with Crippen molar-refractivity contribution >= 4 is 29.9 Å². The summed E-state index contributed by atoms with van der Waals surface area (Å²) in [6.07, 6.45) is 4.86. The summed E-state index contributed by atoms with van der Waals surface area (Å²) >= 11 is 0. The number of carbonyl (C=O) groups excluding carboxylic acids is 4. The standard InChI is InChI=1S/C30H48N4O5/c1-8-11-12-19-34(28(37)24(17-18-25(31)35)33-29(38)39-30(5,6)7)26(27(36)32-21(4)14-9-2)23-16-13-15-22(10-3)20-23/h10,13,15-16,20-21,24,26H,3,8-9,11-12,14,17-19H2,1-2,4-7H3,(H2,31,35)(H,32,36)(H,33,38). The second kappa shape index (κ2) is 16.6. The number of amides is 4. The Morgan fingerprint density at radius 3 is 2.33 bits per heavy atom. The summed E-state index contributed by atoms with van der Waals surface area (Å²) in [7, 11) is 0. The number of nitrogens with two attached hydrogens (primary N) is 1. The summed E-state index contributed by atoms with van der Waals surface area (Å²) in [5.41, 5.74) is 6.03. The number of carbonyl (C=O) groups is 4. The predicted octanol–water partition coefficient (Wildman–Crippen LogP) is 4.85. The molecule has 0 bridgehead atoms. The van der Waals surface area contributed by atoms with Gasteiger partial charge < -0.3 is 26.0 Å². The third kappa shape index (κ3) is 12.4. The van der Waals surface area contributed by atoms with Gasteiger partial charge in [0.2, 0.25) is 17.7 Å². The van der Waals surface area contributed by atoms with Crippen LogP contribution in [0.15, 0.2) is 30.8 Å². The van der Waals surface area contributed by atoms with Gasteiger partial charge >= 0.3 is 6.09 Å². The zero-order valence-electron chi connectivity index (χ0n) is 24.5. The SMILES string of the molecule is C=Cc1cccc(C(C(=O)NC(C)CCC)N(CCCCC)C(=O)C(CCC(N)=O)NC(=O)OC(C)(C)C)c1. The summed E-state index contributed by atoms with van der Waals surface area (Å²) in [6.45, 7) is 15.3. The molecule has 0 aliphatic rings. The number of ether oxygens (including phenoxy) is 1. The minimum absolute atomic E-state index is 0.0229. The van der Waals surface area contributed by atoms with E-state index in [4.69, 9.17) is 10.5 Å². The number of nitrogens with one attached hydrogen (secondary N) is 2. The number of hydrogen-bond acceptors (Lipinski definition) is 5. The number of nitrogens with zero attached hydrogens (tertiary/aromatic N) is 1. The third-order valence-electron chi connectivity index (χ3n) is 6.09. The first-order chi connectivity index (χ1) is 18.3. The quantitative estimate of drug-likeness (QED) is 0.256. The lowest BCUT2D eigenvalue weighted by molar-refractivity contribution is -0.143. The normalized spacial score (nSPS) is 13.5. The molecule has 3 atom stereocenters. The van der Waals surface area contributed by atoms with Crippen molar-refractivity contribution in [2.45, 2.75) is 110 Å². The first-order valence-corrected chi connectivity index (χ1v) is 13.9. The van der Waals surface area contributed by atoms with Crippen molar-refractivity contribution in [3.8, 4) is 0 Å². The van der Waals surface area contributed by atoms with Crippen molar-refractivity contribution in [3.05, 3.63) is 42.0 Å². The van der Waals surface area contributed by atoms with E-state index in [1.807, 2.05) is 38.1 Å². The largest absolute Gasteiger partial charge is 0.444 e. The van der Waals surface area contributed by atoms with Crippen molar-refractivity contribution in [2.24, 2.45) is 5.73 Å². The molecule has 9 heteroatoms. The van der Waals surface area contributed by atoms with Gasteiger partial charge in [0.05, 0.1) is 0 Å². The molecule has 0 heterocycles. The van der Waals surface area contributed by atoms with E-state index in [-0.39, 0.29) is 31.3 Å². The number of unbranched alkanes of at least 4 members (excludes halogenated alkanes) is 2. The number of alkyl carbamates (subject to hydrolysis) is 1. The molecule has 3 unspecified atom stereocenters. The maximum absolute atomic E-state index is 14.1. The lowest BCUT2D eigenvalue weighted by Gasteiger charge is -2.35. The van der Waals surface area contributed by atoms with E-state index in [0.29, 0.717) is 12.0 Å². The molecule has 4 amide bonds. The molecule has 4 N–H and O–H groups in total. The summed E-state index contributed by atoms with van der Waals surface area (Å²) < 4.78 is 5.38. The van der Waals surface area contributed by atoms with Crippen LogP contribution < -0.4 is 16.4 Å². The van der Waals surface area contributed by atoms with Crippen molar-refractivity contribution in [1.82, 2.24) is 15.5 Å². The van der Waals surface area contributed by atoms with Crippen LogP contribution in [0.4, 0.5) is 4.79 Å². The number of hydrogen-bond donors (Lipinski definition) is 3. The van der Waals surface area contributed by atoms with Crippen molar-refractivity contribution in [1.29, 1.82) is 0 Å². The monoisotopic (exact) mass is 544 g/mol. The van der Waals surface area contributed by atoms with Crippen LogP contribution in [-0.4, -0.2) is 52.9 Å². The highest BCUT2D eigenvalue weighted by Crippen LogP contribution is 2.26. The fraction of sp³-hybridized carbons (Fsp3) is 0.600. The Bertz CT molecular complexity index is 972. The number of rotatable bonds is 16. The lowest BCUT2D eigenvalue weighted by Crippen LogP contribution is -2.54. The second-order valence-electron chi connectivity index (χ2n) is 10.9. The highest BCUT2D eigenvalue weighted by Gasteiger charge is 2.36. The van der Waals surface area contributed by atoms with Gasteiger partial charge in [-0.05, 0) is 64.2 Å². The molecule has 0 saturated heterocycles. The van der Waals surface area contributed by atoms with Crippen molar-refractivity contribution in [2.75, 3.05) is 6.54 Å². The highest BCUT2D eigenvalue weighted by atomic mass is 16.6. The Morgan fingerprint density at radius 1 is 1.08 bits per heavy atom. The molecular formula is C30H48N4O5. The minimum Gasteiger partial charge on any atom is -0.444 e. The molecular weight excluding hydrogens is 496 g/mol. The van der Waals surface area contributed by atoms with Gasteiger partial charge in [0.1, 0.15) is 17.7 Å². The Balaban J connectivity index is 3.56. The van der Waals surface area contributed by atoms with Crippen LogP contribution in [0.5, 0.6) is 0 Å². The van der Waals surface area contributed by atoms with E-state index in [9.17, 15) is 19.2 Å². The molecule has 9 nitrogen and oxygen atoms in total. The van der Waals surface area contributed by atoms with Gasteiger partial charge in [0, 0.05) is 19.0 Å². The molecule has 0 aliphatic heterocycles. The fourth-order valence-electron chi connectivity index (χ4n) is 4.25. The zero-order chi connectivity index (χ0) is 29.6. The van der Waals surface area contributed by atoms with Crippen LogP contribution in [0.2, 0.25) is 0 Å². The summed E-state index contributed by atoms with van der Waals surface area (Å²) in [6, 6.07) is 5.17. The Hall–Kier alpha value is -3.36. The molecule has 0 spiro atoms. The first-order valence-electron chi connectivity index (χ1n) is 13.9. The molecule has 0 aliphatic carbocycles. The summed E-state index contributed by atoms with van der Waals surface area (Å²) in [5, 5.41) is 5.68. The van der Waals surface area contributed by atoms with Gasteiger partial charge in [-0.1, -0.05) is 64.0 Å². The maximum Gasteiger partial charge on any atom is 0.408 e. The molecule has 0 aromatic heterocycles. The Labute approximate surface area is 233 Å². The van der Waals surface area contributed by atoms with Gasteiger partial charge in [-0.15, -0.1) is 0 Å². The molecule has 0 fully saturated rings. The smallest absolute Gasteiger partial charge is 0.408 e. The highest BCUT2D eigenvalue weighted by molar-refractivity contribution is 5.92. The van der Waals surface area contributed by atoms with E-state index in [2.05, 4.69) is 24.1 Å². The van der Waals surface area contributed by atoms with E-state index < -0.39 is 35.6 Å². The number of benzene rings is 1. The fourth-order valence-corrected chi connectivity index (χ4v) is 4.25. The van der Waals surface area contributed by atoms with Crippen LogP contribution in [0, 0.1) is 0 Å².